The number of nitrogen functional groups attached to an aromatic ring is 1. The summed E-state index contributed by atoms with van der Waals surface area (Å²) in [4.78, 5) is 23.0. The first-order valence-corrected chi connectivity index (χ1v) is 9.09. The molecule has 1 aromatic carbocycles. The van der Waals surface area contributed by atoms with Crippen LogP contribution in [0.25, 0.3) is 0 Å². The fraction of sp³-hybridized carbons (Fsp3) is 0.450. The van der Waals surface area contributed by atoms with Crippen molar-refractivity contribution < 1.29 is 9.53 Å². The van der Waals surface area contributed by atoms with Gasteiger partial charge >= 0.3 is 0 Å². The number of benzene rings is 1. The lowest BCUT2D eigenvalue weighted by Gasteiger charge is -2.32. The van der Waals surface area contributed by atoms with Gasteiger partial charge in [0.1, 0.15) is 5.82 Å². The first-order valence-electron chi connectivity index (χ1n) is 9.09. The zero-order valence-corrected chi connectivity index (χ0v) is 15.7. The number of anilines is 2. The van der Waals surface area contributed by atoms with Gasteiger partial charge in [0, 0.05) is 36.9 Å². The lowest BCUT2D eigenvalue weighted by atomic mass is 9.95. The number of hydrogen-bond acceptors (Lipinski definition) is 6. The minimum atomic E-state index is -0.0178. The molecule has 0 bridgehead atoms. The number of hydrogen-bond donors (Lipinski definition) is 1. The Kier molecular flexibility index (Phi) is 5.52. The second-order valence-electron chi connectivity index (χ2n) is 6.71. The van der Waals surface area contributed by atoms with E-state index in [0.29, 0.717) is 19.6 Å². The van der Waals surface area contributed by atoms with Crippen LogP contribution in [0.2, 0.25) is 0 Å². The van der Waals surface area contributed by atoms with Crippen molar-refractivity contribution >= 4 is 17.5 Å². The van der Waals surface area contributed by atoms with E-state index in [2.05, 4.69) is 21.8 Å². The molecule has 1 atom stereocenters. The number of rotatable bonds is 4. The number of carbonyl (C=O) groups is 1. The molecule has 1 aromatic heterocycles. The van der Waals surface area contributed by atoms with Gasteiger partial charge in [-0.1, -0.05) is 19.1 Å². The first-order chi connectivity index (χ1) is 12.5. The van der Waals surface area contributed by atoms with Crippen molar-refractivity contribution in [3.05, 3.63) is 46.6 Å². The third kappa shape index (κ3) is 3.85. The van der Waals surface area contributed by atoms with Crippen molar-refractivity contribution in [1.29, 1.82) is 0 Å². The van der Waals surface area contributed by atoms with Gasteiger partial charge in [-0.25, -0.2) is 4.98 Å². The maximum absolute atomic E-state index is 12.2. The smallest absolute Gasteiger partial charge is 0.222 e. The molecule has 0 saturated carbocycles. The van der Waals surface area contributed by atoms with E-state index in [1.165, 1.54) is 0 Å². The van der Waals surface area contributed by atoms with Gasteiger partial charge in [0.05, 0.1) is 12.6 Å². The first kappa shape index (κ1) is 18.3. The molecule has 6 nitrogen and oxygen atoms in total. The molecular formula is C20H26N4O2. The molecule has 1 aliphatic heterocycles. The lowest BCUT2D eigenvalue weighted by molar-refractivity contribution is 0.0987. The fourth-order valence-corrected chi connectivity index (χ4v) is 3.41. The number of ether oxygens (including phenoxy) is 1. The van der Waals surface area contributed by atoms with E-state index in [9.17, 15) is 4.79 Å². The number of aryl methyl sites for hydroxylation is 2. The highest BCUT2D eigenvalue weighted by Gasteiger charge is 2.27. The van der Waals surface area contributed by atoms with E-state index in [4.69, 9.17) is 10.5 Å². The Morgan fingerprint density at radius 1 is 1.31 bits per heavy atom. The number of nitrogens with two attached hydrogens (primary N) is 1. The predicted octanol–water partition coefficient (Wildman–Crippen LogP) is 3.24. The predicted molar refractivity (Wildman–Crippen MR) is 103 cm³/mol. The van der Waals surface area contributed by atoms with E-state index >= 15 is 0 Å². The third-order valence-corrected chi connectivity index (χ3v) is 4.77. The summed E-state index contributed by atoms with van der Waals surface area (Å²) >= 11 is 0. The molecule has 0 radical (unpaired) electrons. The maximum Gasteiger partial charge on any atom is 0.222 e. The van der Waals surface area contributed by atoms with Crippen LogP contribution in [0.4, 0.5) is 11.8 Å². The van der Waals surface area contributed by atoms with Crippen molar-refractivity contribution in [2.24, 2.45) is 0 Å². The summed E-state index contributed by atoms with van der Waals surface area (Å²) in [6.45, 7) is 7.93. The molecule has 2 aromatic rings. The molecule has 1 unspecified atom stereocenters. The van der Waals surface area contributed by atoms with Gasteiger partial charge < -0.3 is 15.4 Å². The average molecular weight is 354 g/mol. The Bertz CT molecular complexity index is 786. The van der Waals surface area contributed by atoms with Gasteiger partial charge in [0.2, 0.25) is 5.95 Å². The highest BCUT2D eigenvalue weighted by atomic mass is 16.5. The number of carbonyl (C=O) groups excluding carboxylic acids is 1. The second kappa shape index (κ2) is 7.83. The highest BCUT2D eigenvalue weighted by molar-refractivity contribution is 5.96. The van der Waals surface area contributed by atoms with Crippen LogP contribution in [0, 0.1) is 13.8 Å². The maximum atomic E-state index is 12.2. The zero-order chi connectivity index (χ0) is 18.7. The van der Waals surface area contributed by atoms with Crippen LogP contribution in [-0.2, 0) is 4.74 Å². The van der Waals surface area contributed by atoms with Gasteiger partial charge in [-0.3, -0.25) is 4.79 Å². The topological polar surface area (TPSA) is 81.3 Å². The van der Waals surface area contributed by atoms with Crippen molar-refractivity contribution in [1.82, 2.24) is 9.97 Å². The molecule has 1 fully saturated rings. The molecule has 1 saturated heterocycles. The van der Waals surface area contributed by atoms with Crippen LogP contribution in [-0.4, -0.2) is 35.5 Å². The molecule has 1 aliphatic rings. The summed E-state index contributed by atoms with van der Waals surface area (Å²) < 4.78 is 5.85. The number of nitrogens with zero attached hydrogens (tertiary/aromatic N) is 3. The van der Waals surface area contributed by atoms with Crippen molar-refractivity contribution in [2.45, 2.75) is 39.7 Å². The molecule has 2 heterocycles. The summed E-state index contributed by atoms with van der Waals surface area (Å²) in [6, 6.07) is 7.85. The molecule has 0 spiro atoms. The SMILES string of the molecule is CCC(=O)c1ccc(C)c(C2COCCCN2c2cc(C)nc(N)n2)c1. The monoisotopic (exact) mass is 354 g/mol. The van der Waals surface area contributed by atoms with Crippen LogP contribution < -0.4 is 10.6 Å². The molecule has 6 heteroatoms. The molecule has 26 heavy (non-hydrogen) atoms. The van der Waals surface area contributed by atoms with Crippen LogP contribution >= 0.6 is 0 Å². The Morgan fingerprint density at radius 2 is 2.12 bits per heavy atom. The summed E-state index contributed by atoms with van der Waals surface area (Å²) in [5.41, 5.74) is 9.69. The quantitative estimate of drug-likeness (QED) is 0.849. The average Bonchev–Trinajstić information content (AvgIpc) is 2.86. The van der Waals surface area contributed by atoms with Crippen LogP contribution in [0.5, 0.6) is 0 Å². The summed E-state index contributed by atoms with van der Waals surface area (Å²) in [5.74, 6) is 1.22. The number of aromatic nitrogens is 2. The zero-order valence-electron chi connectivity index (χ0n) is 15.7. The molecule has 0 amide bonds. The second-order valence-corrected chi connectivity index (χ2v) is 6.71. The molecule has 2 N–H and O–H groups in total. The van der Waals surface area contributed by atoms with Crippen LogP contribution in [0.15, 0.2) is 24.3 Å². The lowest BCUT2D eigenvalue weighted by Crippen LogP contribution is -2.32. The van der Waals surface area contributed by atoms with Gasteiger partial charge in [0.25, 0.3) is 0 Å². The van der Waals surface area contributed by atoms with Gasteiger partial charge in [0.15, 0.2) is 5.78 Å². The fourth-order valence-electron chi connectivity index (χ4n) is 3.41. The van der Waals surface area contributed by atoms with Gasteiger partial charge in [-0.05, 0) is 37.5 Å². The van der Waals surface area contributed by atoms with Gasteiger partial charge in [-0.15, -0.1) is 0 Å². The molecule has 0 aliphatic carbocycles. The van der Waals surface area contributed by atoms with E-state index < -0.39 is 0 Å². The number of Topliss-reactive ketones (excluding diaryl/α,β-unsaturated/α-hetero) is 1. The molecule has 138 valence electrons. The molecular weight excluding hydrogens is 328 g/mol. The van der Waals surface area contributed by atoms with E-state index in [-0.39, 0.29) is 17.8 Å². The number of ketones is 1. The van der Waals surface area contributed by atoms with Gasteiger partial charge in [-0.2, -0.15) is 4.98 Å². The normalized spacial score (nSPS) is 17.8. The van der Waals surface area contributed by atoms with Crippen molar-refractivity contribution in [2.75, 3.05) is 30.4 Å². The summed E-state index contributed by atoms with van der Waals surface area (Å²) in [6.07, 6.45) is 1.40. The Hall–Kier alpha value is -2.47. The Balaban J connectivity index is 2.06. The summed E-state index contributed by atoms with van der Waals surface area (Å²) in [7, 11) is 0. The molecule has 3 rings (SSSR count). The largest absolute Gasteiger partial charge is 0.379 e. The Labute approximate surface area is 154 Å². The van der Waals surface area contributed by atoms with Crippen molar-refractivity contribution in [3.8, 4) is 0 Å². The summed E-state index contributed by atoms with van der Waals surface area (Å²) in [5, 5.41) is 0. The van der Waals surface area contributed by atoms with E-state index in [1.54, 1.807) is 0 Å². The van der Waals surface area contributed by atoms with E-state index in [1.807, 2.05) is 38.1 Å². The van der Waals surface area contributed by atoms with Crippen LogP contribution in [0.1, 0.15) is 53.0 Å². The minimum Gasteiger partial charge on any atom is -0.379 e. The minimum absolute atomic E-state index is 0.0178. The third-order valence-electron chi connectivity index (χ3n) is 4.77. The highest BCUT2D eigenvalue weighted by Crippen LogP contribution is 2.31. The Morgan fingerprint density at radius 3 is 2.85 bits per heavy atom. The standard InChI is InChI=1S/C20H26N4O2/c1-4-18(25)15-7-6-13(2)16(11-15)17-12-26-9-5-8-24(17)19-10-14(3)22-20(21)23-19/h6-7,10-11,17H,4-5,8-9,12H2,1-3H3,(H2,21,22,23). The van der Waals surface area contributed by atoms with Crippen LogP contribution in [0.3, 0.4) is 0 Å². The van der Waals surface area contributed by atoms with Crippen molar-refractivity contribution in [3.63, 3.8) is 0 Å². The van der Waals surface area contributed by atoms with E-state index in [0.717, 1.165) is 41.2 Å².